The van der Waals surface area contributed by atoms with Gasteiger partial charge in [-0.25, -0.2) is 0 Å². The van der Waals surface area contributed by atoms with Crippen LogP contribution in [0.15, 0.2) is 10.1 Å². The lowest BCUT2D eigenvalue weighted by Crippen LogP contribution is -2.37. The Morgan fingerprint density at radius 1 is 1.00 bits per heavy atom. The molecule has 23 heavy (non-hydrogen) atoms. The first-order chi connectivity index (χ1) is 11.0. The van der Waals surface area contributed by atoms with Crippen LogP contribution in [0.3, 0.4) is 0 Å². The maximum atomic E-state index is 11.4. The van der Waals surface area contributed by atoms with Crippen molar-refractivity contribution in [2.24, 2.45) is 33.0 Å². The third-order valence-corrected chi connectivity index (χ3v) is 3.48. The van der Waals surface area contributed by atoms with Gasteiger partial charge in [-0.2, -0.15) is 0 Å². The number of nitrogens with two attached hydrogens (primary N) is 4. The fourth-order valence-corrected chi connectivity index (χ4v) is 2.28. The maximum Gasteiger partial charge on any atom is 0.208 e. The number of guanidine groups is 2. The van der Waals surface area contributed by atoms with Gasteiger partial charge in [0.05, 0.1) is 0 Å². The van der Waals surface area contributed by atoms with Crippen molar-refractivity contribution >= 4 is 18.2 Å². The minimum Gasteiger partial charge on any atom is -0.370 e. The van der Waals surface area contributed by atoms with Crippen LogP contribution in [0.5, 0.6) is 0 Å². The molecule has 0 aliphatic rings. The molecule has 0 radical (unpaired) electrons. The van der Waals surface area contributed by atoms with E-state index in [4.69, 9.17) is 22.9 Å². The van der Waals surface area contributed by atoms with Crippen molar-refractivity contribution < 1.29 is 4.79 Å². The molecule has 0 saturated carbocycles. The van der Waals surface area contributed by atoms with E-state index in [-0.39, 0.29) is 18.0 Å². The number of aldehydes is 1. The van der Waals surface area contributed by atoms with E-state index in [1.165, 1.54) is 19.3 Å². The molecule has 8 N–H and O–H groups in total. The fourth-order valence-electron chi connectivity index (χ4n) is 2.28. The molecule has 0 bridgehead atoms. The Balaban J connectivity index is 4.32. The number of hydrogen-bond acceptors (Lipinski definition) is 4. The molecule has 0 saturated heterocycles. The molecule has 134 valence electrons. The second-order valence-corrected chi connectivity index (χ2v) is 5.61. The predicted molar refractivity (Wildman–Crippen MR) is 95.7 cm³/mol. The first-order valence-electron chi connectivity index (χ1n) is 8.38. The van der Waals surface area contributed by atoms with Gasteiger partial charge in [-0.15, -0.1) is 5.10 Å². The molecule has 0 aliphatic heterocycles. The fraction of sp³-hybridized carbons (Fsp3) is 0.800. The Kier molecular flexibility index (Phi) is 12.5. The Morgan fingerprint density at radius 3 is 2.26 bits per heavy atom. The van der Waals surface area contributed by atoms with Crippen LogP contribution in [0.1, 0.15) is 58.3 Å². The third-order valence-electron chi connectivity index (χ3n) is 3.48. The van der Waals surface area contributed by atoms with Crippen LogP contribution < -0.4 is 22.9 Å². The van der Waals surface area contributed by atoms with E-state index < -0.39 is 0 Å². The number of unbranched alkanes of at least 4 members (excludes halogenated alkanes) is 5. The number of hydrogen-bond donors (Lipinski definition) is 4. The zero-order valence-electron chi connectivity index (χ0n) is 14.3. The molecule has 1 atom stereocenters. The second-order valence-electron chi connectivity index (χ2n) is 5.61. The van der Waals surface area contributed by atoms with Crippen LogP contribution in [-0.4, -0.2) is 42.3 Å². The Bertz CT molecular complexity index is 363. The van der Waals surface area contributed by atoms with Crippen LogP contribution >= 0.6 is 0 Å². The van der Waals surface area contributed by atoms with Crippen LogP contribution in [0.4, 0.5) is 0 Å². The summed E-state index contributed by atoms with van der Waals surface area (Å²) in [5, 5.41) is 5.80. The zero-order valence-corrected chi connectivity index (χ0v) is 14.3. The molecule has 0 heterocycles. The van der Waals surface area contributed by atoms with E-state index in [1.54, 1.807) is 5.01 Å². The quantitative estimate of drug-likeness (QED) is 0.120. The summed E-state index contributed by atoms with van der Waals surface area (Å²) < 4.78 is 0. The molecule has 0 amide bonds. The minimum absolute atomic E-state index is 0.0223. The van der Waals surface area contributed by atoms with Crippen molar-refractivity contribution in [3.05, 3.63) is 0 Å². The largest absolute Gasteiger partial charge is 0.370 e. The SMILES string of the molecule is CCCCCCCN(N=C(N)N)[C@H](C=O)CCCCN=C(N)N. The predicted octanol–water partition coefficient (Wildman–Crippen LogP) is 0.458. The van der Waals surface area contributed by atoms with Gasteiger partial charge in [0.2, 0.25) is 5.96 Å². The van der Waals surface area contributed by atoms with Gasteiger partial charge in [-0.05, 0) is 25.7 Å². The molecule has 0 fully saturated rings. The van der Waals surface area contributed by atoms with Gasteiger partial charge in [0, 0.05) is 13.1 Å². The van der Waals surface area contributed by atoms with Crippen molar-refractivity contribution in [2.75, 3.05) is 13.1 Å². The number of carbonyl (C=O) groups is 1. The molecule has 0 aromatic carbocycles. The number of rotatable bonds is 14. The van der Waals surface area contributed by atoms with Gasteiger partial charge in [-0.3, -0.25) is 10.0 Å². The van der Waals surface area contributed by atoms with E-state index >= 15 is 0 Å². The molecule has 0 aromatic heterocycles. The zero-order chi connectivity index (χ0) is 17.5. The molecule has 0 rings (SSSR count). The van der Waals surface area contributed by atoms with E-state index in [0.29, 0.717) is 19.5 Å². The van der Waals surface area contributed by atoms with Crippen LogP contribution in [0.2, 0.25) is 0 Å². The number of nitrogens with zero attached hydrogens (tertiary/aromatic N) is 3. The van der Waals surface area contributed by atoms with Crippen molar-refractivity contribution in [1.82, 2.24) is 5.01 Å². The number of carbonyl (C=O) groups excluding carboxylic acids is 1. The summed E-state index contributed by atoms with van der Waals surface area (Å²) in [6.07, 6.45) is 8.91. The molecule has 0 aliphatic carbocycles. The van der Waals surface area contributed by atoms with Gasteiger partial charge in [0.1, 0.15) is 12.3 Å². The highest BCUT2D eigenvalue weighted by molar-refractivity contribution is 5.76. The van der Waals surface area contributed by atoms with Crippen molar-refractivity contribution in [3.63, 3.8) is 0 Å². The average Bonchev–Trinajstić information content (AvgIpc) is 2.49. The van der Waals surface area contributed by atoms with Gasteiger partial charge >= 0.3 is 0 Å². The molecular weight excluding hydrogens is 294 g/mol. The first kappa shape index (κ1) is 21.0. The summed E-state index contributed by atoms with van der Waals surface area (Å²) >= 11 is 0. The average molecular weight is 327 g/mol. The van der Waals surface area contributed by atoms with Gasteiger partial charge < -0.3 is 27.7 Å². The van der Waals surface area contributed by atoms with Gasteiger partial charge in [-0.1, -0.05) is 32.6 Å². The Morgan fingerprint density at radius 2 is 1.70 bits per heavy atom. The molecule has 0 unspecified atom stereocenters. The normalized spacial score (nSPS) is 11.5. The van der Waals surface area contributed by atoms with E-state index in [1.807, 2.05) is 0 Å². The van der Waals surface area contributed by atoms with Crippen molar-refractivity contribution in [1.29, 1.82) is 0 Å². The standard InChI is InChI=1S/C15H33N7O/c1-2-3-4-5-8-11-22(21-15(18)19)13(12-23)9-6-7-10-20-14(16)17/h12-13H,2-11H2,1H3,(H4,16,17,20)(H4,18,19,21)/t13-/m0/s1. The summed E-state index contributed by atoms with van der Waals surface area (Å²) in [4.78, 5) is 15.3. The summed E-state index contributed by atoms with van der Waals surface area (Å²) in [7, 11) is 0. The monoisotopic (exact) mass is 327 g/mol. The summed E-state index contributed by atoms with van der Waals surface area (Å²) in [5.74, 6) is 0.0667. The van der Waals surface area contributed by atoms with E-state index in [9.17, 15) is 4.79 Å². The highest BCUT2D eigenvalue weighted by atomic mass is 16.1. The number of hydrazone groups is 1. The molecule has 8 heteroatoms. The maximum absolute atomic E-state index is 11.4. The lowest BCUT2D eigenvalue weighted by atomic mass is 10.1. The van der Waals surface area contributed by atoms with Crippen molar-refractivity contribution in [2.45, 2.75) is 64.3 Å². The summed E-state index contributed by atoms with van der Waals surface area (Å²) in [6.45, 7) is 3.42. The Hall–Kier alpha value is -1.99. The highest BCUT2D eigenvalue weighted by Gasteiger charge is 2.16. The lowest BCUT2D eigenvalue weighted by Gasteiger charge is -2.25. The van der Waals surface area contributed by atoms with Crippen LogP contribution in [0.25, 0.3) is 0 Å². The second kappa shape index (κ2) is 13.7. The van der Waals surface area contributed by atoms with Crippen LogP contribution in [-0.2, 0) is 4.79 Å². The minimum atomic E-state index is -0.317. The summed E-state index contributed by atoms with van der Waals surface area (Å²) in [5.41, 5.74) is 21.5. The molecule has 0 spiro atoms. The van der Waals surface area contributed by atoms with Crippen molar-refractivity contribution in [3.8, 4) is 0 Å². The topological polar surface area (TPSA) is 149 Å². The van der Waals surface area contributed by atoms with E-state index in [2.05, 4.69) is 17.0 Å². The highest BCUT2D eigenvalue weighted by Crippen LogP contribution is 2.11. The number of aliphatic imine (C=N–C) groups is 1. The third kappa shape index (κ3) is 12.3. The Labute approximate surface area is 139 Å². The van der Waals surface area contributed by atoms with Crippen LogP contribution in [0, 0.1) is 0 Å². The smallest absolute Gasteiger partial charge is 0.208 e. The molecule has 8 nitrogen and oxygen atoms in total. The van der Waals surface area contributed by atoms with E-state index in [0.717, 1.165) is 32.0 Å². The van der Waals surface area contributed by atoms with Gasteiger partial charge in [0.25, 0.3) is 0 Å². The lowest BCUT2D eigenvalue weighted by molar-refractivity contribution is -0.112. The molecule has 0 aromatic rings. The summed E-state index contributed by atoms with van der Waals surface area (Å²) in [6, 6.07) is -0.317. The molecular formula is C15H33N7O. The van der Waals surface area contributed by atoms with Gasteiger partial charge in [0.15, 0.2) is 5.96 Å². The first-order valence-corrected chi connectivity index (χ1v) is 8.38.